The summed E-state index contributed by atoms with van der Waals surface area (Å²) in [6.45, 7) is 3.03. The first kappa shape index (κ1) is 14.4. The first-order chi connectivity index (χ1) is 10.2. The number of halogens is 1. The molecule has 0 radical (unpaired) electrons. The lowest BCUT2D eigenvalue weighted by Crippen LogP contribution is -2.45. The number of nitrogens with zero attached hydrogens (tertiary/aromatic N) is 1. The third kappa shape index (κ3) is 2.91. The van der Waals surface area contributed by atoms with Crippen molar-refractivity contribution < 1.29 is 19.0 Å². The lowest BCUT2D eigenvalue weighted by molar-refractivity contribution is 0.0106. The van der Waals surface area contributed by atoms with E-state index in [-0.39, 0.29) is 10.7 Å². The summed E-state index contributed by atoms with van der Waals surface area (Å²) in [6.07, 6.45) is 0. The number of nitrogens with one attached hydrogen (secondary N) is 1. The number of hydrogen-bond donors (Lipinski definition) is 2. The molecule has 1 aromatic carbocycles. The minimum Gasteiger partial charge on any atom is -0.477 e. The number of aromatic carboxylic acids is 1. The molecule has 112 valence electrons. The number of fused-ring (bicyclic) bond motifs is 1. The van der Waals surface area contributed by atoms with E-state index in [4.69, 9.17) is 4.74 Å². The van der Waals surface area contributed by atoms with Gasteiger partial charge in [0.15, 0.2) is 0 Å². The zero-order valence-electron chi connectivity index (χ0n) is 11.3. The molecule has 1 aliphatic rings. The van der Waals surface area contributed by atoms with Gasteiger partial charge in [0, 0.05) is 35.3 Å². The van der Waals surface area contributed by atoms with Crippen LogP contribution in [-0.2, 0) is 11.3 Å². The molecule has 2 heterocycles. The number of hydrogen-bond acceptors (Lipinski definition) is 5. The van der Waals surface area contributed by atoms with Gasteiger partial charge in [0.1, 0.15) is 10.7 Å². The highest BCUT2D eigenvalue weighted by Crippen LogP contribution is 2.33. The summed E-state index contributed by atoms with van der Waals surface area (Å²) in [5.41, 5.74) is 3.68. The molecule has 0 saturated carbocycles. The van der Waals surface area contributed by atoms with Crippen LogP contribution in [0.25, 0.3) is 10.1 Å². The van der Waals surface area contributed by atoms with E-state index in [1.54, 1.807) is 12.1 Å². The van der Waals surface area contributed by atoms with E-state index in [1.165, 1.54) is 6.07 Å². The molecule has 1 fully saturated rings. The summed E-state index contributed by atoms with van der Waals surface area (Å²) in [6, 6.07) is 4.70. The molecule has 0 amide bonds. The Bertz CT molecular complexity index is 668. The highest BCUT2D eigenvalue weighted by Gasteiger charge is 2.21. The fraction of sp³-hybridized carbons (Fsp3) is 0.357. The van der Waals surface area contributed by atoms with Crippen LogP contribution in [0.4, 0.5) is 4.39 Å². The molecule has 5 nitrogen and oxygen atoms in total. The third-order valence-corrected chi connectivity index (χ3v) is 4.63. The molecular weight excluding hydrogens is 295 g/mol. The molecule has 21 heavy (non-hydrogen) atoms. The lowest BCUT2D eigenvalue weighted by Gasteiger charge is -2.27. The molecule has 7 heteroatoms. The van der Waals surface area contributed by atoms with Crippen molar-refractivity contribution in [2.24, 2.45) is 0 Å². The van der Waals surface area contributed by atoms with Gasteiger partial charge in [0.2, 0.25) is 0 Å². The summed E-state index contributed by atoms with van der Waals surface area (Å²) in [5, 5.41) is 11.7. The summed E-state index contributed by atoms with van der Waals surface area (Å²) >= 11 is 1.11. The number of carboxylic acids is 1. The Kier molecular flexibility index (Phi) is 4.16. The molecule has 0 spiro atoms. The number of benzene rings is 1. The van der Waals surface area contributed by atoms with Crippen molar-refractivity contribution in [2.45, 2.75) is 6.54 Å². The SMILES string of the molecule is O=C(O)c1sc2cccc(F)c2c1CNN1CCOCC1. The zero-order valence-corrected chi connectivity index (χ0v) is 12.1. The molecular formula is C14H15FN2O3S. The molecule has 0 bridgehead atoms. The number of morpholine rings is 1. The number of hydrazine groups is 1. The van der Waals surface area contributed by atoms with Crippen LogP contribution in [-0.4, -0.2) is 42.4 Å². The number of ether oxygens (including phenoxy) is 1. The van der Waals surface area contributed by atoms with E-state index in [1.807, 2.05) is 5.01 Å². The number of carboxylic acid groups (broad SMARTS) is 1. The summed E-state index contributed by atoms with van der Waals surface area (Å²) in [7, 11) is 0. The van der Waals surface area contributed by atoms with Crippen LogP contribution in [0.5, 0.6) is 0 Å². The van der Waals surface area contributed by atoms with Crippen molar-refractivity contribution in [3.8, 4) is 0 Å². The predicted octanol–water partition coefficient (Wildman–Crippen LogP) is 2.08. The number of rotatable bonds is 4. The van der Waals surface area contributed by atoms with Crippen LogP contribution >= 0.6 is 11.3 Å². The second kappa shape index (κ2) is 6.07. The van der Waals surface area contributed by atoms with Crippen LogP contribution in [0.15, 0.2) is 18.2 Å². The third-order valence-electron chi connectivity index (χ3n) is 3.45. The number of thiophene rings is 1. The van der Waals surface area contributed by atoms with Crippen molar-refractivity contribution in [1.82, 2.24) is 10.4 Å². The van der Waals surface area contributed by atoms with Gasteiger partial charge in [-0.25, -0.2) is 14.2 Å². The normalized spacial score (nSPS) is 16.4. The van der Waals surface area contributed by atoms with Gasteiger partial charge in [-0.15, -0.1) is 11.3 Å². The van der Waals surface area contributed by atoms with E-state index >= 15 is 0 Å². The Morgan fingerprint density at radius 1 is 1.43 bits per heavy atom. The van der Waals surface area contributed by atoms with Gasteiger partial charge in [-0.1, -0.05) is 6.07 Å². The van der Waals surface area contributed by atoms with Gasteiger partial charge in [-0.05, 0) is 12.1 Å². The van der Waals surface area contributed by atoms with Crippen molar-refractivity contribution in [1.29, 1.82) is 0 Å². The molecule has 1 aromatic heterocycles. The minimum atomic E-state index is -1.02. The van der Waals surface area contributed by atoms with Crippen LogP contribution in [0.3, 0.4) is 0 Å². The Morgan fingerprint density at radius 3 is 2.90 bits per heavy atom. The maximum atomic E-state index is 14.0. The lowest BCUT2D eigenvalue weighted by atomic mass is 10.1. The van der Waals surface area contributed by atoms with Crippen molar-refractivity contribution in [2.75, 3.05) is 26.3 Å². The average molecular weight is 310 g/mol. The standard InChI is InChI=1S/C14H15FN2O3S/c15-10-2-1-3-11-12(10)9(13(21-11)14(18)19)8-16-17-4-6-20-7-5-17/h1-3,16H,4-8H2,(H,18,19). The van der Waals surface area contributed by atoms with Gasteiger partial charge in [-0.2, -0.15) is 0 Å². The first-order valence-corrected chi connectivity index (χ1v) is 7.48. The fourth-order valence-corrected chi connectivity index (χ4v) is 3.50. The highest BCUT2D eigenvalue weighted by molar-refractivity contribution is 7.21. The first-order valence-electron chi connectivity index (χ1n) is 6.66. The summed E-state index contributed by atoms with van der Waals surface area (Å²) in [5.74, 6) is -1.40. The van der Waals surface area contributed by atoms with E-state index < -0.39 is 5.97 Å². The molecule has 0 aliphatic carbocycles. The van der Waals surface area contributed by atoms with Gasteiger partial charge in [0.25, 0.3) is 0 Å². The second-order valence-corrected chi connectivity index (χ2v) is 5.81. The van der Waals surface area contributed by atoms with Gasteiger partial charge < -0.3 is 9.84 Å². The Balaban J connectivity index is 1.91. The predicted molar refractivity (Wildman–Crippen MR) is 78.0 cm³/mol. The van der Waals surface area contributed by atoms with Crippen molar-refractivity contribution >= 4 is 27.4 Å². The van der Waals surface area contributed by atoms with E-state index in [9.17, 15) is 14.3 Å². The molecule has 3 rings (SSSR count). The van der Waals surface area contributed by atoms with Crippen LogP contribution < -0.4 is 5.43 Å². The monoisotopic (exact) mass is 310 g/mol. The van der Waals surface area contributed by atoms with E-state index in [0.29, 0.717) is 35.4 Å². The fourth-order valence-electron chi connectivity index (χ4n) is 2.42. The maximum Gasteiger partial charge on any atom is 0.346 e. The maximum absolute atomic E-state index is 14.0. The van der Waals surface area contributed by atoms with Crippen molar-refractivity contribution in [3.05, 3.63) is 34.5 Å². The van der Waals surface area contributed by atoms with Crippen LogP contribution in [0, 0.1) is 5.82 Å². The summed E-state index contributed by atoms with van der Waals surface area (Å²) in [4.78, 5) is 11.6. The molecule has 0 unspecified atom stereocenters. The van der Waals surface area contributed by atoms with E-state index in [2.05, 4.69) is 5.43 Å². The quantitative estimate of drug-likeness (QED) is 0.905. The minimum absolute atomic E-state index is 0.191. The molecule has 2 N–H and O–H groups in total. The average Bonchev–Trinajstić information content (AvgIpc) is 2.86. The summed E-state index contributed by atoms with van der Waals surface area (Å²) < 4.78 is 20.0. The topological polar surface area (TPSA) is 61.8 Å². The Hall–Kier alpha value is -1.54. The van der Waals surface area contributed by atoms with Gasteiger partial charge >= 0.3 is 5.97 Å². The zero-order chi connectivity index (χ0) is 14.8. The highest BCUT2D eigenvalue weighted by atomic mass is 32.1. The Labute approximate surface area is 124 Å². The molecule has 1 aliphatic heterocycles. The second-order valence-electron chi connectivity index (χ2n) is 4.76. The van der Waals surface area contributed by atoms with Crippen LogP contribution in [0.1, 0.15) is 15.2 Å². The number of carbonyl (C=O) groups is 1. The van der Waals surface area contributed by atoms with Crippen LogP contribution in [0.2, 0.25) is 0 Å². The van der Waals surface area contributed by atoms with Crippen molar-refractivity contribution in [3.63, 3.8) is 0 Å². The van der Waals surface area contributed by atoms with E-state index in [0.717, 1.165) is 24.4 Å². The molecule has 1 saturated heterocycles. The molecule has 0 atom stereocenters. The largest absolute Gasteiger partial charge is 0.477 e. The van der Waals surface area contributed by atoms with Gasteiger partial charge in [0.05, 0.1) is 13.2 Å². The smallest absolute Gasteiger partial charge is 0.346 e. The van der Waals surface area contributed by atoms with Gasteiger partial charge in [-0.3, -0.25) is 5.43 Å². The molecule has 2 aromatic rings. The Morgan fingerprint density at radius 2 is 2.19 bits per heavy atom.